The summed E-state index contributed by atoms with van der Waals surface area (Å²) in [6.45, 7) is 4.52. The summed E-state index contributed by atoms with van der Waals surface area (Å²) < 4.78 is 0. The Morgan fingerprint density at radius 1 is 1.24 bits per heavy atom. The zero-order valence-electron chi connectivity index (χ0n) is 11.0. The molecule has 0 spiro atoms. The summed E-state index contributed by atoms with van der Waals surface area (Å²) in [7, 11) is 2.21. The maximum absolute atomic E-state index is 5.82. The van der Waals surface area contributed by atoms with E-state index in [9.17, 15) is 0 Å². The summed E-state index contributed by atoms with van der Waals surface area (Å²) >= 11 is 0. The Balaban J connectivity index is 1.97. The van der Waals surface area contributed by atoms with Crippen LogP contribution < -0.4 is 5.73 Å². The van der Waals surface area contributed by atoms with Gasteiger partial charge in [-0.15, -0.1) is 0 Å². The van der Waals surface area contributed by atoms with Gasteiger partial charge in [0.05, 0.1) is 0 Å². The SMILES string of the molecule is CC(N)Cc1ccc(C2CCN(C)CC2)cc1. The number of hydrogen-bond donors (Lipinski definition) is 1. The van der Waals surface area contributed by atoms with Crippen molar-refractivity contribution in [2.45, 2.75) is 38.1 Å². The minimum Gasteiger partial charge on any atom is -0.328 e. The summed E-state index contributed by atoms with van der Waals surface area (Å²) in [5.74, 6) is 0.760. The van der Waals surface area contributed by atoms with E-state index in [1.54, 1.807) is 0 Å². The minimum atomic E-state index is 0.254. The molecule has 0 aliphatic carbocycles. The van der Waals surface area contributed by atoms with Crippen LogP contribution in [0.5, 0.6) is 0 Å². The minimum absolute atomic E-state index is 0.254. The highest BCUT2D eigenvalue weighted by Crippen LogP contribution is 2.27. The first-order valence-corrected chi connectivity index (χ1v) is 6.68. The largest absolute Gasteiger partial charge is 0.328 e. The molecule has 1 saturated heterocycles. The Labute approximate surface area is 105 Å². The highest BCUT2D eigenvalue weighted by Gasteiger charge is 2.17. The van der Waals surface area contributed by atoms with Crippen molar-refractivity contribution in [2.75, 3.05) is 20.1 Å². The second-order valence-electron chi connectivity index (χ2n) is 5.50. The van der Waals surface area contributed by atoms with Crippen LogP contribution in [0.3, 0.4) is 0 Å². The molecular formula is C15H24N2. The van der Waals surface area contributed by atoms with Crippen molar-refractivity contribution in [3.63, 3.8) is 0 Å². The molecule has 2 heteroatoms. The molecule has 1 fully saturated rings. The third kappa shape index (κ3) is 3.55. The molecule has 0 bridgehead atoms. The number of nitrogens with two attached hydrogens (primary N) is 1. The van der Waals surface area contributed by atoms with Gasteiger partial charge < -0.3 is 10.6 Å². The number of nitrogens with zero attached hydrogens (tertiary/aromatic N) is 1. The number of piperidine rings is 1. The normalized spacial score (nSPS) is 20.4. The Morgan fingerprint density at radius 3 is 2.35 bits per heavy atom. The summed E-state index contributed by atoms with van der Waals surface area (Å²) in [5.41, 5.74) is 8.68. The van der Waals surface area contributed by atoms with Crippen molar-refractivity contribution >= 4 is 0 Å². The van der Waals surface area contributed by atoms with Gasteiger partial charge in [-0.1, -0.05) is 24.3 Å². The molecule has 0 aromatic heterocycles. The van der Waals surface area contributed by atoms with Crippen LogP contribution in [0.4, 0.5) is 0 Å². The molecule has 2 rings (SSSR count). The lowest BCUT2D eigenvalue weighted by Crippen LogP contribution is -2.29. The molecule has 1 unspecified atom stereocenters. The van der Waals surface area contributed by atoms with Crippen molar-refractivity contribution in [1.29, 1.82) is 0 Å². The molecule has 0 radical (unpaired) electrons. The lowest BCUT2D eigenvalue weighted by molar-refractivity contribution is 0.255. The average Bonchev–Trinajstić information content (AvgIpc) is 2.30. The van der Waals surface area contributed by atoms with Crippen LogP contribution in [0.1, 0.15) is 36.8 Å². The van der Waals surface area contributed by atoms with Crippen molar-refractivity contribution in [1.82, 2.24) is 4.90 Å². The zero-order chi connectivity index (χ0) is 12.3. The lowest BCUT2D eigenvalue weighted by Gasteiger charge is -2.29. The smallest absolute Gasteiger partial charge is 0.00509 e. The fourth-order valence-corrected chi connectivity index (χ4v) is 2.64. The second kappa shape index (κ2) is 5.65. The van der Waals surface area contributed by atoms with Crippen molar-refractivity contribution in [3.8, 4) is 0 Å². The molecule has 0 amide bonds. The van der Waals surface area contributed by atoms with Crippen molar-refractivity contribution < 1.29 is 0 Å². The molecule has 94 valence electrons. The monoisotopic (exact) mass is 232 g/mol. The molecular weight excluding hydrogens is 208 g/mol. The number of rotatable bonds is 3. The van der Waals surface area contributed by atoms with Crippen LogP contribution in [0.25, 0.3) is 0 Å². The van der Waals surface area contributed by atoms with Crippen LogP contribution >= 0.6 is 0 Å². The van der Waals surface area contributed by atoms with Crippen LogP contribution in [0, 0.1) is 0 Å². The van der Waals surface area contributed by atoms with E-state index in [0.717, 1.165) is 12.3 Å². The van der Waals surface area contributed by atoms with Gasteiger partial charge in [-0.2, -0.15) is 0 Å². The fraction of sp³-hybridized carbons (Fsp3) is 0.600. The maximum Gasteiger partial charge on any atom is 0.00509 e. The van der Waals surface area contributed by atoms with E-state index in [0.29, 0.717) is 0 Å². The Bertz CT molecular complexity index is 334. The number of benzene rings is 1. The molecule has 1 aliphatic heterocycles. The third-order valence-corrected chi connectivity index (χ3v) is 3.73. The fourth-order valence-electron chi connectivity index (χ4n) is 2.64. The molecule has 2 N–H and O–H groups in total. The standard InChI is InChI=1S/C15H24N2/c1-12(16)11-13-3-5-14(6-4-13)15-7-9-17(2)10-8-15/h3-6,12,15H,7-11,16H2,1-2H3. The van der Waals surface area contributed by atoms with Gasteiger partial charge in [-0.3, -0.25) is 0 Å². The molecule has 17 heavy (non-hydrogen) atoms. The van der Waals surface area contributed by atoms with E-state index in [2.05, 4.69) is 43.1 Å². The number of likely N-dealkylation sites (tertiary alicyclic amines) is 1. The van der Waals surface area contributed by atoms with E-state index in [4.69, 9.17) is 5.73 Å². The first kappa shape index (κ1) is 12.6. The van der Waals surface area contributed by atoms with E-state index in [1.165, 1.54) is 37.1 Å². The second-order valence-corrected chi connectivity index (χ2v) is 5.50. The predicted octanol–water partition coefficient (Wildman–Crippen LogP) is 2.39. The highest BCUT2D eigenvalue weighted by atomic mass is 15.1. The third-order valence-electron chi connectivity index (χ3n) is 3.73. The molecule has 1 heterocycles. The van der Waals surface area contributed by atoms with Crippen LogP contribution in [-0.2, 0) is 6.42 Å². The van der Waals surface area contributed by atoms with Crippen molar-refractivity contribution in [2.24, 2.45) is 5.73 Å². The Kier molecular flexibility index (Phi) is 4.19. The summed E-state index contributed by atoms with van der Waals surface area (Å²) in [6.07, 6.45) is 3.57. The van der Waals surface area contributed by atoms with E-state index in [-0.39, 0.29) is 6.04 Å². The molecule has 2 nitrogen and oxygen atoms in total. The average molecular weight is 232 g/mol. The Morgan fingerprint density at radius 2 is 1.82 bits per heavy atom. The molecule has 1 aromatic rings. The summed E-state index contributed by atoms with van der Waals surface area (Å²) in [5, 5.41) is 0. The van der Waals surface area contributed by atoms with Crippen LogP contribution in [0.15, 0.2) is 24.3 Å². The predicted molar refractivity (Wildman–Crippen MR) is 73.3 cm³/mol. The zero-order valence-corrected chi connectivity index (χ0v) is 11.0. The molecule has 1 aromatic carbocycles. The van der Waals surface area contributed by atoms with Crippen molar-refractivity contribution in [3.05, 3.63) is 35.4 Å². The topological polar surface area (TPSA) is 29.3 Å². The van der Waals surface area contributed by atoms with E-state index < -0.39 is 0 Å². The van der Waals surface area contributed by atoms with Crippen LogP contribution in [0.2, 0.25) is 0 Å². The van der Waals surface area contributed by atoms with Gasteiger partial charge >= 0.3 is 0 Å². The van der Waals surface area contributed by atoms with Gasteiger partial charge in [0.15, 0.2) is 0 Å². The molecule has 0 saturated carbocycles. The van der Waals surface area contributed by atoms with Gasteiger partial charge in [0.25, 0.3) is 0 Å². The first-order valence-electron chi connectivity index (χ1n) is 6.68. The quantitative estimate of drug-likeness (QED) is 0.867. The van der Waals surface area contributed by atoms with Gasteiger partial charge in [0.1, 0.15) is 0 Å². The summed E-state index contributed by atoms with van der Waals surface area (Å²) in [6, 6.07) is 9.35. The lowest BCUT2D eigenvalue weighted by atomic mass is 9.89. The summed E-state index contributed by atoms with van der Waals surface area (Å²) in [4.78, 5) is 2.42. The van der Waals surface area contributed by atoms with E-state index in [1.807, 2.05) is 0 Å². The van der Waals surface area contributed by atoms with E-state index >= 15 is 0 Å². The first-order chi connectivity index (χ1) is 8.15. The van der Waals surface area contributed by atoms with Gasteiger partial charge in [0.2, 0.25) is 0 Å². The van der Waals surface area contributed by atoms with Gasteiger partial charge in [-0.05, 0) is 63.4 Å². The Hall–Kier alpha value is -0.860. The van der Waals surface area contributed by atoms with Gasteiger partial charge in [0, 0.05) is 6.04 Å². The molecule has 1 aliphatic rings. The number of hydrogen-bond acceptors (Lipinski definition) is 2. The van der Waals surface area contributed by atoms with Crippen LogP contribution in [-0.4, -0.2) is 31.1 Å². The maximum atomic E-state index is 5.82. The highest BCUT2D eigenvalue weighted by molar-refractivity contribution is 5.26. The molecule has 1 atom stereocenters. The van der Waals surface area contributed by atoms with Gasteiger partial charge in [-0.25, -0.2) is 0 Å².